The fraction of sp³-hybridized carbons (Fsp3) is 0.818. The van der Waals surface area contributed by atoms with E-state index < -0.39 is 5.41 Å². The molecule has 3 N–H and O–H groups in total. The second-order valence-electron chi connectivity index (χ2n) is 4.50. The highest BCUT2D eigenvalue weighted by Crippen LogP contribution is 2.42. The Kier molecular flexibility index (Phi) is 4.15. The molecule has 5 nitrogen and oxygen atoms in total. The van der Waals surface area contributed by atoms with Crippen LogP contribution in [0.1, 0.15) is 39.0 Å². The predicted octanol–water partition coefficient (Wildman–Crippen LogP) is 1.16. The molecule has 0 aromatic heterocycles. The zero-order chi connectivity index (χ0) is 12.2. The molecule has 0 unspecified atom stereocenters. The summed E-state index contributed by atoms with van der Waals surface area (Å²) in [5, 5.41) is 11.7. The van der Waals surface area contributed by atoms with Gasteiger partial charge >= 0.3 is 0 Å². The second-order valence-corrected chi connectivity index (χ2v) is 4.50. The van der Waals surface area contributed by atoms with Crippen LogP contribution in [0, 0.1) is 5.41 Å². The Morgan fingerprint density at radius 3 is 2.56 bits per heavy atom. The molecule has 0 saturated heterocycles. The first kappa shape index (κ1) is 12.8. The average Bonchev–Trinajstić information content (AvgIpc) is 2.23. The fourth-order valence-electron chi connectivity index (χ4n) is 2.07. The van der Waals surface area contributed by atoms with Crippen LogP contribution < -0.4 is 5.73 Å². The van der Waals surface area contributed by atoms with Gasteiger partial charge in [0.1, 0.15) is 5.41 Å². The number of amidine groups is 1. The van der Waals surface area contributed by atoms with Crippen molar-refractivity contribution in [1.82, 2.24) is 4.90 Å². The van der Waals surface area contributed by atoms with Gasteiger partial charge in [0.15, 0.2) is 5.84 Å². The summed E-state index contributed by atoms with van der Waals surface area (Å²) in [4.78, 5) is 13.9. The van der Waals surface area contributed by atoms with Crippen molar-refractivity contribution in [3.05, 3.63) is 0 Å². The van der Waals surface area contributed by atoms with Crippen LogP contribution in [0.15, 0.2) is 5.16 Å². The Morgan fingerprint density at radius 1 is 1.56 bits per heavy atom. The van der Waals surface area contributed by atoms with E-state index in [9.17, 15) is 4.79 Å². The summed E-state index contributed by atoms with van der Waals surface area (Å²) in [6, 6.07) is 0. The van der Waals surface area contributed by atoms with Crippen molar-refractivity contribution in [3.63, 3.8) is 0 Å². The highest BCUT2D eigenvalue weighted by atomic mass is 16.4. The Labute approximate surface area is 96.3 Å². The first-order chi connectivity index (χ1) is 7.58. The molecule has 5 heteroatoms. The highest BCUT2D eigenvalue weighted by molar-refractivity contribution is 6.07. The summed E-state index contributed by atoms with van der Waals surface area (Å²) in [6.07, 6.45) is 4.38. The van der Waals surface area contributed by atoms with E-state index in [1.165, 1.54) is 0 Å². The fourth-order valence-corrected chi connectivity index (χ4v) is 2.07. The number of oxime groups is 1. The van der Waals surface area contributed by atoms with E-state index >= 15 is 0 Å². The van der Waals surface area contributed by atoms with Crippen LogP contribution >= 0.6 is 0 Å². The maximum absolute atomic E-state index is 12.2. The molecule has 1 aliphatic rings. The first-order valence-electron chi connectivity index (χ1n) is 5.82. The summed E-state index contributed by atoms with van der Waals surface area (Å²) >= 11 is 0. The van der Waals surface area contributed by atoms with Gasteiger partial charge in [-0.2, -0.15) is 0 Å². The summed E-state index contributed by atoms with van der Waals surface area (Å²) in [5.74, 6) is 0.0506. The summed E-state index contributed by atoms with van der Waals surface area (Å²) < 4.78 is 0. The van der Waals surface area contributed by atoms with Crippen LogP contribution in [-0.2, 0) is 4.79 Å². The number of amides is 1. The SMILES string of the molecule is CCCCN(C)C(=O)C1(C(N)=NO)CCC1. The molecule has 1 amide bonds. The Morgan fingerprint density at radius 2 is 2.19 bits per heavy atom. The number of nitrogens with zero attached hydrogens (tertiary/aromatic N) is 2. The van der Waals surface area contributed by atoms with Gasteiger partial charge in [0.05, 0.1) is 0 Å². The summed E-state index contributed by atoms with van der Waals surface area (Å²) in [5.41, 5.74) is 4.91. The van der Waals surface area contributed by atoms with Gasteiger partial charge in [-0.3, -0.25) is 4.79 Å². The number of hydrogen-bond acceptors (Lipinski definition) is 3. The van der Waals surface area contributed by atoms with E-state index in [4.69, 9.17) is 10.9 Å². The number of rotatable bonds is 5. The lowest BCUT2D eigenvalue weighted by atomic mass is 9.67. The summed E-state index contributed by atoms with van der Waals surface area (Å²) in [6.45, 7) is 2.82. The number of carbonyl (C=O) groups excluding carboxylic acids is 1. The van der Waals surface area contributed by atoms with E-state index in [0.717, 1.165) is 25.8 Å². The minimum absolute atomic E-state index is 0.0116. The maximum Gasteiger partial charge on any atom is 0.236 e. The molecule has 0 spiro atoms. The zero-order valence-electron chi connectivity index (χ0n) is 10.1. The number of hydrogen-bond donors (Lipinski definition) is 2. The molecular formula is C11H21N3O2. The number of carbonyl (C=O) groups is 1. The van der Waals surface area contributed by atoms with Crippen molar-refractivity contribution in [2.75, 3.05) is 13.6 Å². The van der Waals surface area contributed by atoms with Crippen LogP contribution in [0.2, 0.25) is 0 Å². The quantitative estimate of drug-likeness (QED) is 0.320. The molecule has 0 heterocycles. The molecular weight excluding hydrogens is 206 g/mol. The lowest BCUT2D eigenvalue weighted by molar-refractivity contribution is -0.140. The topological polar surface area (TPSA) is 78.9 Å². The average molecular weight is 227 g/mol. The second kappa shape index (κ2) is 5.18. The van der Waals surface area contributed by atoms with Crippen LogP contribution in [0.3, 0.4) is 0 Å². The van der Waals surface area contributed by atoms with Gasteiger partial charge in [-0.1, -0.05) is 24.9 Å². The van der Waals surface area contributed by atoms with E-state index in [0.29, 0.717) is 12.8 Å². The van der Waals surface area contributed by atoms with Crippen LogP contribution in [0.4, 0.5) is 0 Å². The highest BCUT2D eigenvalue weighted by Gasteiger charge is 2.49. The van der Waals surface area contributed by atoms with Crippen LogP contribution in [0.5, 0.6) is 0 Å². The molecule has 0 radical (unpaired) electrons. The lowest BCUT2D eigenvalue weighted by Crippen LogP contribution is -2.54. The molecule has 16 heavy (non-hydrogen) atoms. The minimum atomic E-state index is -0.725. The van der Waals surface area contributed by atoms with Crippen LogP contribution in [-0.4, -0.2) is 35.4 Å². The van der Waals surface area contributed by atoms with Crippen molar-refractivity contribution < 1.29 is 10.0 Å². The third-order valence-electron chi connectivity index (χ3n) is 3.41. The molecule has 0 aromatic rings. The maximum atomic E-state index is 12.2. The van der Waals surface area contributed by atoms with Crippen LogP contribution in [0.25, 0.3) is 0 Å². The first-order valence-corrected chi connectivity index (χ1v) is 5.82. The molecule has 1 rings (SSSR count). The van der Waals surface area contributed by atoms with Crippen molar-refractivity contribution in [1.29, 1.82) is 0 Å². The monoisotopic (exact) mass is 227 g/mol. The van der Waals surface area contributed by atoms with Gasteiger partial charge in [0, 0.05) is 13.6 Å². The molecule has 0 atom stereocenters. The third kappa shape index (κ3) is 2.13. The summed E-state index contributed by atoms with van der Waals surface area (Å²) in [7, 11) is 1.78. The standard InChI is InChI=1S/C11H21N3O2/c1-3-4-8-14(2)10(15)11(6-5-7-11)9(12)13-16/h16H,3-8H2,1-2H3,(H2,12,13). The lowest BCUT2D eigenvalue weighted by Gasteiger charge is -2.41. The smallest absolute Gasteiger partial charge is 0.236 e. The normalized spacial score (nSPS) is 19.0. The minimum Gasteiger partial charge on any atom is -0.409 e. The van der Waals surface area contributed by atoms with E-state index in [2.05, 4.69) is 12.1 Å². The van der Waals surface area contributed by atoms with Gasteiger partial charge in [-0.05, 0) is 19.3 Å². The Hall–Kier alpha value is -1.26. The largest absolute Gasteiger partial charge is 0.409 e. The van der Waals surface area contributed by atoms with Crippen molar-refractivity contribution >= 4 is 11.7 Å². The predicted molar refractivity (Wildman–Crippen MR) is 62.2 cm³/mol. The van der Waals surface area contributed by atoms with Crippen molar-refractivity contribution in [2.24, 2.45) is 16.3 Å². The van der Waals surface area contributed by atoms with E-state index in [-0.39, 0.29) is 11.7 Å². The van der Waals surface area contributed by atoms with E-state index in [1.807, 2.05) is 0 Å². The van der Waals surface area contributed by atoms with Crippen molar-refractivity contribution in [2.45, 2.75) is 39.0 Å². The number of unbranched alkanes of at least 4 members (excludes halogenated alkanes) is 1. The molecule has 0 aliphatic heterocycles. The Bertz CT molecular complexity index is 285. The van der Waals surface area contributed by atoms with Gasteiger partial charge in [-0.25, -0.2) is 0 Å². The molecule has 1 saturated carbocycles. The van der Waals surface area contributed by atoms with Gasteiger partial charge in [0.2, 0.25) is 5.91 Å². The van der Waals surface area contributed by atoms with Crippen molar-refractivity contribution in [3.8, 4) is 0 Å². The van der Waals surface area contributed by atoms with Gasteiger partial charge in [-0.15, -0.1) is 0 Å². The molecule has 0 bridgehead atoms. The van der Waals surface area contributed by atoms with E-state index in [1.54, 1.807) is 11.9 Å². The van der Waals surface area contributed by atoms with Gasteiger partial charge < -0.3 is 15.8 Å². The Balaban J connectivity index is 2.70. The number of nitrogens with two attached hydrogens (primary N) is 1. The molecule has 92 valence electrons. The third-order valence-corrected chi connectivity index (χ3v) is 3.41. The molecule has 1 aliphatic carbocycles. The molecule has 1 fully saturated rings. The zero-order valence-corrected chi connectivity index (χ0v) is 10.1. The molecule has 0 aromatic carbocycles. The van der Waals surface area contributed by atoms with Gasteiger partial charge in [0.25, 0.3) is 0 Å².